The lowest BCUT2D eigenvalue weighted by Gasteiger charge is -2.22. The van der Waals surface area contributed by atoms with Gasteiger partial charge in [0.05, 0.1) is 22.6 Å². The maximum Gasteiger partial charge on any atom is 0.145 e. The van der Waals surface area contributed by atoms with Crippen molar-refractivity contribution in [2.45, 2.75) is 39.0 Å². The Hall–Kier alpha value is -2.09. The number of rotatable bonds is 7. The van der Waals surface area contributed by atoms with Gasteiger partial charge in [-0.05, 0) is 51.1 Å². The summed E-state index contributed by atoms with van der Waals surface area (Å²) in [4.78, 5) is 26.4. The van der Waals surface area contributed by atoms with E-state index in [1.54, 1.807) is 12.4 Å². The molecule has 7 nitrogen and oxygen atoms in total. The van der Waals surface area contributed by atoms with Crippen LogP contribution in [0.3, 0.4) is 0 Å². The van der Waals surface area contributed by atoms with Gasteiger partial charge in [-0.2, -0.15) is 0 Å². The molecular weight excluding hydrogens is 414 g/mol. The number of pyridine rings is 1. The highest BCUT2D eigenvalue weighted by atomic mass is 35.5. The number of ether oxygens (including phenoxy) is 1. The highest BCUT2D eigenvalue weighted by molar-refractivity contribution is 6.33. The number of halogens is 1. The second kappa shape index (κ2) is 10.5. The predicted molar refractivity (Wildman–Crippen MR) is 121 cm³/mol. The molecule has 2 aliphatic rings. The first-order valence-corrected chi connectivity index (χ1v) is 11.5. The van der Waals surface area contributed by atoms with Gasteiger partial charge < -0.3 is 15.4 Å². The first-order chi connectivity index (χ1) is 15.1. The minimum absolute atomic E-state index is 0.0638. The number of hydrogen-bond donors (Lipinski definition) is 2. The Morgan fingerprint density at radius 2 is 2.10 bits per heavy atom. The number of carbonyl (C=O) groups is 1. The number of aryl methyl sites for hydroxylation is 1. The number of nitrogens with one attached hydrogen (secondary N) is 2. The fourth-order valence-corrected chi connectivity index (χ4v) is 4.39. The van der Waals surface area contributed by atoms with Crippen LogP contribution in [-0.4, -0.2) is 53.6 Å². The molecule has 0 bridgehead atoms. The molecule has 31 heavy (non-hydrogen) atoms. The molecule has 2 N–H and O–H groups in total. The van der Waals surface area contributed by atoms with E-state index in [1.165, 1.54) is 0 Å². The van der Waals surface area contributed by atoms with E-state index in [9.17, 15) is 4.79 Å². The molecule has 0 aliphatic carbocycles. The molecule has 2 aromatic rings. The van der Waals surface area contributed by atoms with Crippen LogP contribution in [0.5, 0.6) is 0 Å². The van der Waals surface area contributed by atoms with Crippen LogP contribution in [0, 0.1) is 18.8 Å². The Balaban J connectivity index is 1.49. The monoisotopic (exact) mass is 443 g/mol. The van der Waals surface area contributed by atoms with E-state index in [4.69, 9.17) is 21.3 Å². The number of anilines is 1. The smallest absolute Gasteiger partial charge is 0.145 e. The van der Waals surface area contributed by atoms with E-state index in [2.05, 4.69) is 20.6 Å². The zero-order chi connectivity index (χ0) is 21.6. The molecule has 0 saturated carbocycles. The van der Waals surface area contributed by atoms with E-state index in [0.717, 1.165) is 87.0 Å². The number of nitrogens with zero attached hydrogens (tertiary/aromatic N) is 3. The van der Waals surface area contributed by atoms with Crippen LogP contribution in [0.25, 0.3) is 11.3 Å². The number of carbonyl (C=O) groups excluding carboxylic acids is 1. The van der Waals surface area contributed by atoms with Gasteiger partial charge in [-0.1, -0.05) is 11.6 Å². The fourth-order valence-electron chi connectivity index (χ4n) is 4.20. The van der Waals surface area contributed by atoms with Gasteiger partial charge >= 0.3 is 0 Å². The van der Waals surface area contributed by atoms with Crippen LogP contribution >= 0.6 is 11.6 Å². The third kappa shape index (κ3) is 5.79. The van der Waals surface area contributed by atoms with Crippen molar-refractivity contribution in [1.29, 1.82) is 0 Å². The maximum absolute atomic E-state index is 12.7. The minimum atomic E-state index is 0.0638. The molecule has 4 heterocycles. The van der Waals surface area contributed by atoms with Crippen LogP contribution in [0.4, 0.5) is 5.82 Å². The molecule has 1 atom stereocenters. The van der Waals surface area contributed by atoms with Gasteiger partial charge in [0.1, 0.15) is 11.6 Å². The molecule has 2 fully saturated rings. The van der Waals surface area contributed by atoms with Crippen molar-refractivity contribution in [3.63, 3.8) is 0 Å². The quantitative estimate of drug-likeness (QED) is 0.677. The third-order valence-electron chi connectivity index (χ3n) is 6.14. The summed E-state index contributed by atoms with van der Waals surface area (Å²) >= 11 is 6.48. The predicted octanol–water partition coefficient (Wildman–Crippen LogP) is 3.45. The molecule has 0 radical (unpaired) electrons. The summed E-state index contributed by atoms with van der Waals surface area (Å²) in [5, 5.41) is 7.22. The number of piperidine rings is 1. The first-order valence-electron chi connectivity index (χ1n) is 11.1. The van der Waals surface area contributed by atoms with Gasteiger partial charge in [-0.15, -0.1) is 0 Å². The van der Waals surface area contributed by atoms with Crippen molar-refractivity contribution < 1.29 is 9.53 Å². The number of aromatic nitrogens is 3. The van der Waals surface area contributed by atoms with Crippen molar-refractivity contribution in [2.24, 2.45) is 11.8 Å². The summed E-state index contributed by atoms with van der Waals surface area (Å²) in [7, 11) is 0. The van der Waals surface area contributed by atoms with Crippen LogP contribution in [-0.2, 0) is 16.0 Å². The topological polar surface area (TPSA) is 89.0 Å². The minimum Gasteiger partial charge on any atom is -0.381 e. The zero-order valence-electron chi connectivity index (χ0n) is 18.0. The molecule has 166 valence electrons. The first kappa shape index (κ1) is 22.1. The van der Waals surface area contributed by atoms with E-state index in [0.29, 0.717) is 17.4 Å². The summed E-state index contributed by atoms with van der Waals surface area (Å²) in [6.45, 7) is 6.15. The molecule has 0 unspecified atom stereocenters. The number of ketones is 1. The van der Waals surface area contributed by atoms with Gasteiger partial charge in [0, 0.05) is 56.1 Å². The Morgan fingerprint density at radius 3 is 2.87 bits per heavy atom. The van der Waals surface area contributed by atoms with Crippen LogP contribution < -0.4 is 10.6 Å². The molecule has 0 spiro atoms. The molecule has 4 rings (SSSR count). The van der Waals surface area contributed by atoms with Gasteiger partial charge in [-0.3, -0.25) is 14.8 Å². The SMILES string of the molecule is Cc1ncc(NCC2CCOCC2)nc1-c1cc(CC(=O)[C@@H]2CCCNC2)ncc1Cl. The third-order valence-corrected chi connectivity index (χ3v) is 6.44. The normalized spacial score (nSPS) is 19.9. The average molecular weight is 444 g/mol. The highest BCUT2D eigenvalue weighted by Gasteiger charge is 2.22. The zero-order valence-corrected chi connectivity index (χ0v) is 18.7. The van der Waals surface area contributed by atoms with Crippen LogP contribution in [0.2, 0.25) is 5.02 Å². The lowest BCUT2D eigenvalue weighted by molar-refractivity contribution is -0.122. The molecule has 0 amide bonds. The fraction of sp³-hybridized carbons (Fsp3) is 0.565. The molecule has 2 aliphatic heterocycles. The Labute approximate surface area is 188 Å². The van der Waals surface area contributed by atoms with Crippen molar-refractivity contribution >= 4 is 23.2 Å². The summed E-state index contributed by atoms with van der Waals surface area (Å²) < 4.78 is 5.43. The standard InChI is InChI=1S/C23H30ClN5O2/c1-15-23(29-22(14-26-15)28-11-16-4-7-31-8-5-16)19-9-18(27-13-20(19)24)10-21(30)17-3-2-6-25-12-17/h9,13-14,16-17,25H,2-8,10-12H2,1H3,(H,28,29)/t17-/m1/s1. The van der Waals surface area contributed by atoms with E-state index < -0.39 is 0 Å². The summed E-state index contributed by atoms with van der Waals surface area (Å²) in [6, 6.07) is 1.88. The van der Waals surface area contributed by atoms with Crippen molar-refractivity contribution in [3.8, 4) is 11.3 Å². The highest BCUT2D eigenvalue weighted by Crippen LogP contribution is 2.29. The molecular formula is C23H30ClN5O2. The lowest BCUT2D eigenvalue weighted by Crippen LogP contribution is -2.35. The largest absolute Gasteiger partial charge is 0.381 e. The number of hydrogen-bond acceptors (Lipinski definition) is 7. The molecule has 0 aromatic carbocycles. The van der Waals surface area contributed by atoms with Gasteiger partial charge in [0.2, 0.25) is 0 Å². The molecule has 2 saturated heterocycles. The van der Waals surface area contributed by atoms with E-state index in [-0.39, 0.29) is 11.7 Å². The van der Waals surface area contributed by atoms with Crippen LogP contribution in [0.15, 0.2) is 18.5 Å². The maximum atomic E-state index is 12.7. The average Bonchev–Trinajstić information content (AvgIpc) is 2.81. The van der Waals surface area contributed by atoms with E-state index >= 15 is 0 Å². The molecule has 2 aromatic heterocycles. The lowest BCUT2D eigenvalue weighted by atomic mass is 9.92. The molecule has 8 heteroatoms. The summed E-state index contributed by atoms with van der Waals surface area (Å²) in [6.07, 6.45) is 7.78. The Kier molecular flexibility index (Phi) is 7.48. The van der Waals surface area contributed by atoms with Crippen LogP contribution in [0.1, 0.15) is 37.1 Å². The van der Waals surface area contributed by atoms with Gasteiger partial charge in [0.15, 0.2) is 0 Å². The van der Waals surface area contributed by atoms with Crippen molar-refractivity contribution in [1.82, 2.24) is 20.3 Å². The summed E-state index contributed by atoms with van der Waals surface area (Å²) in [5.41, 5.74) is 2.99. The van der Waals surface area contributed by atoms with E-state index in [1.807, 2.05) is 13.0 Å². The van der Waals surface area contributed by atoms with Gasteiger partial charge in [-0.25, -0.2) is 4.98 Å². The van der Waals surface area contributed by atoms with Crippen molar-refractivity contribution in [3.05, 3.63) is 34.9 Å². The Bertz CT molecular complexity index is 911. The van der Waals surface area contributed by atoms with Gasteiger partial charge in [0.25, 0.3) is 0 Å². The number of Topliss-reactive ketones (excluding diaryl/α,β-unsaturated/α-hetero) is 1. The summed E-state index contributed by atoms with van der Waals surface area (Å²) in [5.74, 6) is 1.60. The second-order valence-electron chi connectivity index (χ2n) is 8.47. The van der Waals surface area contributed by atoms with Crippen molar-refractivity contribution in [2.75, 3.05) is 38.2 Å². The second-order valence-corrected chi connectivity index (χ2v) is 8.87. The Morgan fingerprint density at radius 1 is 1.26 bits per heavy atom.